The number of benzene rings is 3. The van der Waals surface area contributed by atoms with Crippen LogP contribution in [0, 0.1) is 11.8 Å². The maximum Gasteiger partial charge on any atom is 0.262 e. The Labute approximate surface area is 413 Å². The summed E-state index contributed by atoms with van der Waals surface area (Å²) in [6, 6.07) is 21.9. The lowest BCUT2D eigenvalue weighted by molar-refractivity contribution is -0.136. The molecule has 11 rings (SSSR count). The van der Waals surface area contributed by atoms with Gasteiger partial charge in [0.1, 0.15) is 6.04 Å². The van der Waals surface area contributed by atoms with Crippen molar-refractivity contribution in [1.82, 2.24) is 45.0 Å². The quantitative estimate of drug-likeness (QED) is 0.0726. The van der Waals surface area contributed by atoms with Crippen LogP contribution < -0.4 is 31.5 Å². The molecule has 5 aliphatic rings. The van der Waals surface area contributed by atoms with Crippen molar-refractivity contribution in [2.24, 2.45) is 11.8 Å². The molecule has 0 radical (unpaired) electrons. The minimum atomic E-state index is -0.962. The van der Waals surface area contributed by atoms with E-state index in [1.165, 1.54) is 0 Å². The van der Waals surface area contributed by atoms with Crippen molar-refractivity contribution >= 4 is 63.3 Å². The average Bonchev–Trinajstić information content (AvgIpc) is 3.93. The van der Waals surface area contributed by atoms with Crippen LogP contribution in [0.5, 0.6) is 0 Å². The van der Waals surface area contributed by atoms with E-state index in [1.807, 2.05) is 23.0 Å². The van der Waals surface area contributed by atoms with Gasteiger partial charge >= 0.3 is 0 Å². The molecule has 3 aromatic heterocycles. The minimum absolute atomic E-state index is 0.102. The van der Waals surface area contributed by atoms with Gasteiger partial charge in [0, 0.05) is 85.8 Å². The Balaban J connectivity index is 0.672. The number of fused-ring (bicyclic) bond motifs is 3. The number of hydrogen-bond acceptors (Lipinski definition) is 14. The van der Waals surface area contributed by atoms with Gasteiger partial charge in [-0.1, -0.05) is 44.2 Å². The molecule has 17 heteroatoms. The van der Waals surface area contributed by atoms with Crippen LogP contribution in [0.4, 0.5) is 23.3 Å². The van der Waals surface area contributed by atoms with Crippen molar-refractivity contribution < 1.29 is 19.2 Å². The summed E-state index contributed by atoms with van der Waals surface area (Å²) in [5, 5.41) is 23.7. The number of imide groups is 2. The Hall–Kier alpha value is -6.98. The minimum Gasteiger partial charge on any atom is -0.385 e. The van der Waals surface area contributed by atoms with E-state index in [9.17, 15) is 19.2 Å². The Morgan fingerprint density at radius 2 is 1.62 bits per heavy atom. The van der Waals surface area contributed by atoms with Gasteiger partial charge in [0.2, 0.25) is 23.7 Å². The maximum atomic E-state index is 13.4. The zero-order valence-corrected chi connectivity index (χ0v) is 40.6. The molecular weight excluding hydrogens is 895 g/mol. The van der Waals surface area contributed by atoms with Crippen molar-refractivity contribution in [3.8, 4) is 11.3 Å². The van der Waals surface area contributed by atoms with Crippen molar-refractivity contribution in [1.29, 1.82) is 0 Å². The third-order valence-corrected chi connectivity index (χ3v) is 15.3. The van der Waals surface area contributed by atoms with E-state index in [2.05, 4.69) is 98.8 Å². The first kappa shape index (κ1) is 46.4. The van der Waals surface area contributed by atoms with Gasteiger partial charge in [-0.3, -0.25) is 34.4 Å². The molecule has 2 atom stereocenters. The van der Waals surface area contributed by atoms with E-state index in [-0.39, 0.29) is 30.7 Å². The van der Waals surface area contributed by atoms with E-state index in [0.717, 1.165) is 146 Å². The largest absolute Gasteiger partial charge is 0.385 e. The van der Waals surface area contributed by atoms with Gasteiger partial charge in [-0.05, 0) is 130 Å². The molecule has 0 saturated carbocycles. The fourth-order valence-electron chi connectivity index (χ4n) is 11.3. The maximum absolute atomic E-state index is 13.4. The van der Waals surface area contributed by atoms with E-state index >= 15 is 0 Å². The number of nitrogens with one attached hydrogen (secondary N) is 5. The number of carbonyl (C=O) groups excluding carboxylic acids is 4. The van der Waals surface area contributed by atoms with E-state index < -0.39 is 23.8 Å². The average molecular weight is 958 g/mol. The first-order chi connectivity index (χ1) is 34.6. The van der Waals surface area contributed by atoms with Crippen molar-refractivity contribution in [2.45, 2.75) is 89.8 Å². The molecule has 17 nitrogen and oxygen atoms in total. The number of rotatable bonds is 14. The van der Waals surface area contributed by atoms with Gasteiger partial charge in [0.05, 0.1) is 23.0 Å². The van der Waals surface area contributed by atoms with Crippen molar-refractivity contribution in [3.05, 3.63) is 101 Å². The number of pyridine rings is 1. The third kappa shape index (κ3) is 9.64. The molecule has 1 unspecified atom stereocenters. The number of carbonyl (C=O) groups is 4. The van der Waals surface area contributed by atoms with E-state index in [0.29, 0.717) is 41.4 Å². The first-order valence-electron chi connectivity index (χ1n) is 25.6. The third-order valence-electron chi connectivity index (χ3n) is 15.3. The molecule has 0 spiro atoms. The highest BCUT2D eigenvalue weighted by Gasteiger charge is 2.45. The molecule has 368 valence electrons. The lowest BCUT2D eigenvalue weighted by Gasteiger charge is -2.38. The second-order valence-corrected chi connectivity index (χ2v) is 20.4. The summed E-state index contributed by atoms with van der Waals surface area (Å²) < 4.78 is 1.82. The highest BCUT2D eigenvalue weighted by atomic mass is 16.2. The fraction of sp³-hybridized carbons (Fsp3) is 0.444. The number of piperidine rings is 4. The van der Waals surface area contributed by atoms with Crippen LogP contribution in [-0.4, -0.2) is 122 Å². The summed E-state index contributed by atoms with van der Waals surface area (Å²) in [7, 11) is 0. The van der Waals surface area contributed by atoms with Crippen LogP contribution in [0.1, 0.15) is 103 Å². The Morgan fingerprint density at radius 1 is 0.803 bits per heavy atom. The predicted octanol–water partition coefficient (Wildman–Crippen LogP) is 6.68. The van der Waals surface area contributed by atoms with Gasteiger partial charge in [0.15, 0.2) is 5.65 Å². The molecule has 4 fully saturated rings. The van der Waals surface area contributed by atoms with Crippen molar-refractivity contribution in [3.63, 3.8) is 0 Å². The summed E-state index contributed by atoms with van der Waals surface area (Å²) in [6.45, 7) is 12.8. The molecule has 5 aliphatic heterocycles. The van der Waals surface area contributed by atoms with E-state index in [4.69, 9.17) is 20.1 Å². The number of aromatic nitrogens is 5. The fourth-order valence-corrected chi connectivity index (χ4v) is 11.3. The number of likely N-dealkylation sites (tertiary alicyclic amines) is 1. The number of anilines is 4. The van der Waals surface area contributed by atoms with Crippen LogP contribution in [0.25, 0.3) is 27.7 Å². The van der Waals surface area contributed by atoms with Crippen LogP contribution >= 0.6 is 0 Å². The molecule has 6 aromatic rings. The summed E-state index contributed by atoms with van der Waals surface area (Å²) in [5.41, 5.74) is 7.71. The highest BCUT2D eigenvalue weighted by molar-refractivity contribution is 6.23. The van der Waals surface area contributed by atoms with Crippen LogP contribution in [0.2, 0.25) is 0 Å². The van der Waals surface area contributed by atoms with Gasteiger partial charge in [0.25, 0.3) is 11.8 Å². The second-order valence-electron chi connectivity index (χ2n) is 20.4. The molecule has 3 aromatic carbocycles. The smallest absolute Gasteiger partial charge is 0.262 e. The van der Waals surface area contributed by atoms with E-state index in [1.54, 1.807) is 12.1 Å². The summed E-state index contributed by atoms with van der Waals surface area (Å²) >= 11 is 0. The van der Waals surface area contributed by atoms with Crippen LogP contribution in [0.15, 0.2) is 79.1 Å². The number of amides is 4. The second kappa shape index (κ2) is 20.0. The Kier molecular flexibility index (Phi) is 13.1. The zero-order chi connectivity index (χ0) is 48.6. The topological polar surface area (TPSA) is 194 Å². The summed E-state index contributed by atoms with van der Waals surface area (Å²) in [4.78, 5) is 71.6. The molecular formula is C54H63N13O4. The molecule has 71 heavy (non-hydrogen) atoms. The van der Waals surface area contributed by atoms with Gasteiger partial charge in [-0.25, -0.2) is 0 Å². The standard InChI is InChI=1S/C54H63N13O4/c1-33(2)45-31-59-67-49(45)62-53(60-39-7-5-20-55-30-39)63-54(67)58-29-37-6-3-4-8-41(37)48-42-11-9-38(26-36(42)15-21-56-48)57-28-34-16-22-64(23-17-34)32-35-18-24-65(25-19-35)40-10-12-43-44(27-40)52(71)66(51(43)70)46-13-14-47(68)61-50(46)69/h3-4,6,8-12,15,21,26-27,31,33-35,39,46,55,57H,5,7,13-14,16-20,22-25,28-30,32H2,1-2H3,(H,61,68,69)(H2,58,60,62,63)/t39-,46?/m1/s1. The van der Waals surface area contributed by atoms with Gasteiger partial charge in [-0.15, -0.1) is 0 Å². The summed E-state index contributed by atoms with van der Waals surface area (Å²) in [5.74, 6) is 0.816. The SMILES string of the molecule is CC(C)c1cnn2c(NCc3ccccc3-c3nccc4cc(NCC5CCN(CC6CCN(c7ccc8c(c7)C(=O)N(C7CCC(=O)NC7=O)C8=O)CC6)CC5)ccc34)nc(N[C@@H]3CCCNC3)nc12. The normalized spacial score (nSPS) is 20.5. The lowest BCUT2D eigenvalue weighted by atomic mass is 9.92. The molecule has 4 amide bonds. The Morgan fingerprint density at radius 3 is 2.42 bits per heavy atom. The summed E-state index contributed by atoms with van der Waals surface area (Å²) in [6.07, 6.45) is 10.7. The van der Waals surface area contributed by atoms with Gasteiger partial charge < -0.3 is 31.1 Å². The van der Waals surface area contributed by atoms with Gasteiger partial charge in [-0.2, -0.15) is 19.6 Å². The molecule has 0 bridgehead atoms. The molecule has 0 aliphatic carbocycles. The van der Waals surface area contributed by atoms with Crippen LogP contribution in [-0.2, 0) is 16.1 Å². The molecule has 4 saturated heterocycles. The van der Waals surface area contributed by atoms with Crippen LogP contribution in [0.3, 0.4) is 0 Å². The molecule has 5 N–H and O–H groups in total. The lowest BCUT2D eigenvalue weighted by Crippen LogP contribution is -2.54. The zero-order valence-electron chi connectivity index (χ0n) is 40.6. The molecule has 8 heterocycles. The Bertz CT molecular complexity index is 2990. The first-order valence-corrected chi connectivity index (χ1v) is 25.6. The highest BCUT2D eigenvalue weighted by Crippen LogP contribution is 2.35. The monoisotopic (exact) mass is 958 g/mol. The number of hydrogen-bond donors (Lipinski definition) is 5. The predicted molar refractivity (Wildman–Crippen MR) is 275 cm³/mol. The van der Waals surface area contributed by atoms with Crippen molar-refractivity contribution in [2.75, 3.05) is 73.2 Å². The number of nitrogens with zero attached hydrogens (tertiary/aromatic N) is 8.